The van der Waals surface area contributed by atoms with Gasteiger partial charge in [-0.25, -0.2) is 4.98 Å². The summed E-state index contributed by atoms with van der Waals surface area (Å²) in [6.07, 6.45) is 5.88. The van der Waals surface area contributed by atoms with E-state index in [0.717, 1.165) is 24.8 Å². The van der Waals surface area contributed by atoms with Crippen LogP contribution in [-0.2, 0) is 6.42 Å². The summed E-state index contributed by atoms with van der Waals surface area (Å²) in [6, 6.07) is 1.86. The highest BCUT2D eigenvalue weighted by Crippen LogP contribution is 2.30. The number of aryl methyl sites for hydroxylation is 1. The number of phenols is 1. The van der Waals surface area contributed by atoms with E-state index >= 15 is 0 Å². The molecule has 2 rings (SSSR count). The fourth-order valence-electron chi connectivity index (χ4n) is 2.10. The Morgan fingerprint density at radius 1 is 1.33 bits per heavy atom. The number of hydrogen-bond donors (Lipinski definition) is 1. The third-order valence-corrected chi connectivity index (χ3v) is 2.97. The molecule has 0 amide bonds. The van der Waals surface area contributed by atoms with Crippen LogP contribution in [0, 0.1) is 0 Å². The van der Waals surface area contributed by atoms with Gasteiger partial charge in [0.15, 0.2) is 11.5 Å². The van der Waals surface area contributed by atoms with E-state index in [-0.39, 0.29) is 11.5 Å². The predicted molar refractivity (Wildman–Crippen MR) is 69.8 cm³/mol. The maximum atomic E-state index is 11.7. The van der Waals surface area contributed by atoms with Crippen LogP contribution in [0.4, 0.5) is 0 Å². The van der Waals surface area contributed by atoms with Gasteiger partial charge in [-0.1, -0.05) is 13.3 Å². The maximum Gasteiger partial charge on any atom is 0.163 e. The van der Waals surface area contributed by atoms with Crippen LogP contribution in [0.1, 0.15) is 42.6 Å². The molecule has 0 saturated heterocycles. The molecule has 0 unspecified atom stereocenters. The lowest BCUT2D eigenvalue weighted by Crippen LogP contribution is -2.02. The molecule has 1 aromatic heterocycles. The third kappa shape index (κ3) is 2.18. The number of hydrogen-bond acceptors (Lipinski definition) is 4. The molecule has 4 heteroatoms. The van der Waals surface area contributed by atoms with Gasteiger partial charge in [-0.05, 0) is 31.4 Å². The average Bonchev–Trinajstić information content (AvgIpc) is 2.36. The van der Waals surface area contributed by atoms with Crippen LogP contribution in [-0.4, -0.2) is 20.9 Å². The molecular weight excluding hydrogens is 228 g/mol. The number of phenolic OH excluding ortho intramolecular Hbond substituents is 1. The van der Waals surface area contributed by atoms with Crippen molar-refractivity contribution in [2.75, 3.05) is 0 Å². The molecule has 0 saturated carbocycles. The number of aromatic hydroxyl groups is 1. The molecule has 0 radical (unpaired) electrons. The van der Waals surface area contributed by atoms with Crippen molar-refractivity contribution >= 4 is 16.8 Å². The van der Waals surface area contributed by atoms with Gasteiger partial charge in [0, 0.05) is 12.4 Å². The number of unbranched alkanes of at least 4 members (excludes halogenated alkanes) is 1. The Morgan fingerprint density at radius 2 is 2.06 bits per heavy atom. The van der Waals surface area contributed by atoms with Crippen molar-refractivity contribution in [1.82, 2.24) is 9.97 Å². The normalized spacial score (nSPS) is 10.8. The zero-order valence-electron chi connectivity index (χ0n) is 10.6. The van der Waals surface area contributed by atoms with Crippen molar-refractivity contribution in [2.45, 2.75) is 33.1 Å². The largest absolute Gasteiger partial charge is 0.505 e. The highest BCUT2D eigenvalue weighted by Gasteiger charge is 2.17. The topological polar surface area (TPSA) is 63.1 Å². The number of fused-ring (bicyclic) bond motifs is 1. The molecule has 1 aromatic carbocycles. The van der Waals surface area contributed by atoms with Crippen LogP contribution >= 0.6 is 0 Å². The SMILES string of the molecule is CCCCc1cc2nccnc2c(O)c1C(C)=O. The van der Waals surface area contributed by atoms with Crippen molar-refractivity contribution in [3.8, 4) is 5.75 Å². The minimum absolute atomic E-state index is 0.0424. The summed E-state index contributed by atoms with van der Waals surface area (Å²) < 4.78 is 0. The maximum absolute atomic E-state index is 11.7. The smallest absolute Gasteiger partial charge is 0.163 e. The summed E-state index contributed by atoms with van der Waals surface area (Å²) in [5.74, 6) is -0.176. The summed E-state index contributed by atoms with van der Waals surface area (Å²) in [5, 5.41) is 10.2. The zero-order chi connectivity index (χ0) is 13.1. The summed E-state index contributed by atoms with van der Waals surface area (Å²) in [7, 11) is 0. The van der Waals surface area contributed by atoms with Gasteiger partial charge in [0.25, 0.3) is 0 Å². The Labute approximate surface area is 106 Å². The monoisotopic (exact) mass is 244 g/mol. The molecule has 1 heterocycles. The fourth-order valence-corrected chi connectivity index (χ4v) is 2.10. The van der Waals surface area contributed by atoms with E-state index < -0.39 is 0 Å². The molecular formula is C14H16N2O2. The molecule has 0 spiro atoms. The van der Waals surface area contributed by atoms with E-state index in [1.165, 1.54) is 13.1 Å². The van der Waals surface area contributed by atoms with Gasteiger partial charge in [-0.2, -0.15) is 0 Å². The van der Waals surface area contributed by atoms with Gasteiger partial charge in [0.2, 0.25) is 0 Å². The molecule has 0 bridgehead atoms. The van der Waals surface area contributed by atoms with E-state index in [9.17, 15) is 9.90 Å². The van der Waals surface area contributed by atoms with Crippen LogP contribution in [0.3, 0.4) is 0 Å². The quantitative estimate of drug-likeness (QED) is 0.840. The first-order chi connectivity index (χ1) is 8.65. The molecule has 94 valence electrons. The minimum atomic E-state index is -0.133. The lowest BCUT2D eigenvalue weighted by molar-refractivity contribution is 0.101. The number of Topliss-reactive ketones (excluding diaryl/α,β-unsaturated/α-hetero) is 1. The Morgan fingerprint density at radius 3 is 2.72 bits per heavy atom. The lowest BCUT2D eigenvalue weighted by Gasteiger charge is -2.10. The van der Waals surface area contributed by atoms with Gasteiger partial charge in [0.05, 0.1) is 11.1 Å². The van der Waals surface area contributed by atoms with Crippen molar-refractivity contribution in [1.29, 1.82) is 0 Å². The molecule has 1 N–H and O–H groups in total. The molecule has 0 atom stereocenters. The van der Waals surface area contributed by atoms with Gasteiger partial charge in [-0.15, -0.1) is 0 Å². The second-order valence-electron chi connectivity index (χ2n) is 4.34. The third-order valence-electron chi connectivity index (χ3n) is 2.97. The molecule has 0 aliphatic rings. The second kappa shape index (κ2) is 5.12. The standard InChI is InChI=1S/C14H16N2O2/c1-3-4-5-10-8-11-13(16-7-6-15-11)14(18)12(10)9(2)17/h6-8,18H,3-5H2,1-2H3. The number of rotatable bonds is 4. The van der Waals surface area contributed by atoms with E-state index in [2.05, 4.69) is 16.9 Å². The van der Waals surface area contributed by atoms with Gasteiger partial charge in [-0.3, -0.25) is 9.78 Å². The summed E-state index contributed by atoms with van der Waals surface area (Å²) >= 11 is 0. The van der Waals surface area contributed by atoms with Gasteiger partial charge >= 0.3 is 0 Å². The van der Waals surface area contributed by atoms with E-state index in [4.69, 9.17) is 0 Å². The van der Waals surface area contributed by atoms with Crippen LogP contribution < -0.4 is 0 Å². The summed E-state index contributed by atoms with van der Waals surface area (Å²) in [5.41, 5.74) is 2.26. The van der Waals surface area contributed by atoms with Crippen molar-refractivity contribution in [2.24, 2.45) is 0 Å². The molecule has 0 fully saturated rings. The zero-order valence-corrected chi connectivity index (χ0v) is 10.6. The number of nitrogens with zero attached hydrogens (tertiary/aromatic N) is 2. The summed E-state index contributed by atoms with van der Waals surface area (Å²) in [6.45, 7) is 3.56. The first-order valence-electron chi connectivity index (χ1n) is 6.11. The van der Waals surface area contributed by atoms with E-state index in [0.29, 0.717) is 16.6 Å². The highest BCUT2D eigenvalue weighted by molar-refractivity contribution is 6.03. The number of carbonyl (C=O) groups excluding carboxylic acids is 1. The first-order valence-corrected chi connectivity index (χ1v) is 6.11. The fraction of sp³-hybridized carbons (Fsp3) is 0.357. The number of ketones is 1. The van der Waals surface area contributed by atoms with Crippen molar-refractivity contribution in [3.05, 3.63) is 29.6 Å². The van der Waals surface area contributed by atoms with Crippen molar-refractivity contribution in [3.63, 3.8) is 0 Å². The Bertz CT molecular complexity index is 594. The van der Waals surface area contributed by atoms with E-state index in [1.54, 1.807) is 6.20 Å². The molecule has 2 aromatic rings. The summed E-state index contributed by atoms with van der Waals surface area (Å²) in [4.78, 5) is 19.9. The highest BCUT2D eigenvalue weighted by atomic mass is 16.3. The average molecular weight is 244 g/mol. The minimum Gasteiger partial charge on any atom is -0.505 e. The second-order valence-corrected chi connectivity index (χ2v) is 4.34. The number of carbonyl (C=O) groups is 1. The van der Waals surface area contributed by atoms with Gasteiger partial charge < -0.3 is 5.11 Å². The first kappa shape index (κ1) is 12.5. The Kier molecular flexibility index (Phi) is 3.55. The lowest BCUT2D eigenvalue weighted by atomic mass is 9.97. The van der Waals surface area contributed by atoms with Gasteiger partial charge in [0.1, 0.15) is 5.52 Å². The van der Waals surface area contributed by atoms with Crippen molar-refractivity contribution < 1.29 is 9.90 Å². The van der Waals surface area contributed by atoms with Crippen LogP contribution in [0.2, 0.25) is 0 Å². The molecule has 0 aliphatic heterocycles. The Balaban J connectivity index is 2.67. The number of benzene rings is 1. The van der Waals surface area contributed by atoms with Crippen LogP contribution in [0.5, 0.6) is 5.75 Å². The molecule has 4 nitrogen and oxygen atoms in total. The van der Waals surface area contributed by atoms with Crippen LogP contribution in [0.25, 0.3) is 11.0 Å². The number of aromatic nitrogens is 2. The van der Waals surface area contributed by atoms with Crippen LogP contribution in [0.15, 0.2) is 18.5 Å². The molecule has 0 aliphatic carbocycles. The predicted octanol–water partition coefficient (Wildman–Crippen LogP) is 2.88. The van der Waals surface area contributed by atoms with E-state index in [1.807, 2.05) is 6.07 Å². The Hall–Kier alpha value is -1.97. The molecule has 18 heavy (non-hydrogen) atoms.